The molecule has 0 aromatic rings. The maximum Gasteiger partial charge on any atom is 0.307 e. The van der Waals surface area contributed by atoms with Gasteiger partial charge in [0.15, 0.2) is 0 Å². The summed E-state index contributed by atoms with van der Waals surface area (Å²) in [7, 11) is 1.44. The highest BCUT2D eigenvalue weighted by Gasteiger charge is 2.26. The number of likely N-dealkylation sites (tertiary alicyclic amines) is 1. The molecule has 0 aromatic heterocycles. The SMILES string of the molecule is COC(=O)CC(C)N1CCCC(C(C)N)C1. The third-order valence-electron chi connectivity index (χ3n) is 3.55. The van der Waals surface area contributed by atoms with Crippen molar-refractivity contribution >= 4 is 5.97 Å². The summed E-state index contributed by atoms with van der Waals surface area (Å²) in [6, 6.07) is 0.502. The van der Waals surface area contributed by atoms with E-state index in [2.05, 4.69) is 18.7 Å². The number of hydrogen-bond donors (Lipinski definition) is 1. The molecule has 1 aliphatic rings. The molecule has 1 heterocycles. The van der Waals surface area contributed by atoms with E-state index in [9.17, 15) is 4.79 Å². The van der Waals surface area contributed by atoms with Crippen LogP contribution in [0.25, 0.3) is 0 Å². The largest absolute Gasteiger partial charge is 0.469 e. The number of nitrogens with zero attached hydrogens (tertiary/aromatic N) is 1. The van der Waals surface area contributed by atoms with Gasteiger partial charge in [0, 0.05) is 18.6 Å². The lowest BCUT2D eigenvalue weighted by atomic mass is 9.91. The third kappa shape index (κ3) is 3.76. The van der Waals surface area contributed by atoms with Crippen LogP contribution in [-0.4, -0.2) is 43.2 Å². The minimum atomic E-state index is -0.129. The van der Waals surface area contributed by atoms with Gasteiger partial charge in [0.1, 0.15) is 0 Å². The minimum absolute atomic E-state index is 0.129. The van der Waals surface area contributed by atoms with E-state index in [0.29, 0.717) is 12.3 Å². The molecule has 94 valence electrons. The van der Waals surface area contributed by atoms with Gasteiger partial charge in [-0.25, -0.2) is 0 Å². The van der Waals surface area contributed by atoms with E-state index in [1.54, 1.807) is 0 Å². The number of ether oxygens (including phenoxy) is 1. The highest BCUT2D eigenvalue weighted by Crippen LogP contribution is 2.21. The van der Waals surface area contributed by atoms with E-state index >= 15 is 0 Å². The van der Waals surface area contributed by atoms with E-state index in [1.165, 1.54) is 20.0 Å². The standard InChI is InChI=1S/C12H24N2O2/c1-9(7-12(15)16-3)14-6-4-5-11(8-14)10(2)13/h9-11H,4-8,13H2,1-3H3. The van der Waals surface area contributed by atoms with Gasteiger partial charge in [-0.1, -0.05) is 0 Å². The summed E-state index contributed by atoms with van der Waals surface area (Å²) in [4.78, 5) is 13.6. The van der Waals surface area contributed by atoms with Gasteiger partial charge in [0.2, 0.25) is 0 Å². The molecular weight excluding hydrogens is 204 g/mol. The van der Waals surface area contributed by atoms with Crippen LogP contribution in [0.5, 0.6) is 0 Å². The molecule has 0 aliphatic carbocycles. The van der Waals surface area contributed by atoms with Crippen LogP contribution in [0.4, 0.5) is 0 Å². The third-order valence-corrected chi connectivity index (χ3v) is 3.55. The van der Waals surface area contributed by atoms with Crippen molar-refractivity contribution in [3.05, 3.63) is 0 Å². The number of carbonyl (C=O) groups is 1. The summed E-state index contributed by atoms with van der Waals surface area (Å²) in [5.74, 6) is 0.435. The van der Waals surface area contributed by atoms with Gasteiger partial charge < -0.3 is 10.5 Å². The predicted octanol–water partition coefficient (Wildman–Crippen LogP) is 0.997. The molecule has 16 heavy (non-hydrogen) atoms. The fourth-order valence-electron chi connectivity index (χ4n) is 2.32. The first-order valence-electron chi connectivity index (χ1n) is 6.11. The van der Waals surface area contributed by atoms with Crippen molar-refractivity contribution in [1.82, 2.24) is 4.90 Å². The smallest absolute Gasteiger partial charge is 0.307 e. The molecule has 0 spiro atoms. The van der Waals surface area contributed by atoms with E-state index in [4.69, 9.17) is 10.5 Å². The van der Waals surface area contributed by atoms with E-state index in [-0.39, 0.29) is 18.1 Å². The van der Waals surface area contributed by atoms with Gasteiger partial charge in [0.25, 0.3) is 0 Å². The molecule has 0 saturated carbocycles. The Balaban J connectivity index is 2.43. The Hall–Kier alpha value is -0.610. The van der Waals surface area contributed by atoms with Crippen LogP contribution < -0.4 is 5.73 Å². The van der Waals surface area contributed by atoms with Gasteiger partial charge in [-0.15, -0.1) is 0 Å². The van der Waals surface area contributed by atoms with Crippen LogP contribution in [0.2, 0.25) is 0 Å². The molecule has 2 N–H and O–H groups in total. The maximum absolute atomic E-state index is 11.2. The van der Waals surface area contributed by atoms with Crippen molar-refractivity contribution in [3.8, 4) is 0 Å². The molecule has 1 saturated heterocycles. The van der Waals surface area contributed by atoms with Crippen molar-refractivity contribution < 1.29 is 9.53 Å². The number of nitrogens with two attached hydrogens (primary N) is 1. The Morgan fingerprint density at radius 2 is 2.25 bits per heavy atom. The molecule has 3 atom stereocenters. The number of piperidine rings is 1. The fourth-order valence-corrected chi connectivity index (χ4v) is 2.32. The number of hydrogen-bond acceptors (Lipinski definition) is 4. The number of rotatable bonds is 4. The highest BCUT2D eigenvalue weighted by atomic mass is 16.5. The lowest BCUT2D eigenvalue weighted by Gasteiger charge is -2.37. The average Bonchev–Trinajstić information content (AvgIpc) is 2.28. The monoisotopic (exact) mass is 228 g/mol. The second kappa shape index (κ2) is 6.21. The van der Waals surface area contributed by atoms with Gasteiger partial charge >= 0.3 is 5.97 Å². The van der Waals surface area contributed by atoms with E-state index < -0.39 is 0 Å². The van der Waals surface area contributed by atoms with Gasteiger partial charge in [-0.05, 0) is 39.2 Å². The second-order valence-corrected chi connectivity index (χ2v) is 4.89. The quantitative estimate of drug-likeness (QED) is 0.729. The van der Waals surface area contributed by atoms with Crippen LogP contribution in [0.1, 0.15) is 33.1 Å². The first-order valence-corrected chi connectivity index (χ1v) is 6.11. The molecule has 1 fully saturated rings. The van der Waals surface area contributed by atoms with E-state index in [1.807, 2.05) is 0 Å². The molecule has 0 radical (unpaired) electrons. The Labute approximate surface area is 98.1 Å². The molecule has 0 aromatic carbocycles. The zero-order valence-electron chi connectivity index (χ0n) is 10.6. The summed E-state index contributed by atoms with van der Waals surface area (Å²) < 4.78 is 4.70. The Morgan fingerprint density at radius 3 is 2.81 bits per heavy atom. The van der Waals surface area contributed by atoms with Crippen molar-refractivity contribution in [1.29, 1.82) is 0 Å². The highest BCUT2D eigenvalue weighted by molar-refractivity contribution is 5.69. The Morgan fingerprint density at radius 1 is 1.56 bits per heavy atom. The summed E-state index contributed by atoms with van der Waals surface area (Å²) in [5.41, 5.74) is 5.94. The fraction of sp³-hybridized carbons (Fsp3) is 0.917. The van der Waals surface area contributed by atoms with Gasteiger partial charge in [-0.3, -0.25) is 9.69 Å². The topological polar surface area (TPSA) is 55.6 Å². The summed E-state index contributed by atoms with van der Waals surface area (Å²) in [6.45, 7) is 6.23. The first-order chi connectivity index (χ1) is 7.54. The molecule has 4 heteroatoms. The van der Waals surface area contributed by atoms with Crippen molar-refractivity contribution in [2.45, 2.75) is 45.2 Å². The number of esters is 1. The number of carbonyl (C=O) groups excluding carboxylic acids is 1. The minimum Gasteiger partial charge on any atom is -0.469 e. The molecule has 1 aliphatic heterocycles. The molecular formula is C12H24N2O2. The zero-order valence-corrected chi connectivity index (χ0v) is 10.6. The van der Waals surface area contributed by atoms with Crippen molar-refractivity contribution in [2.75, 3.05) is 20.2 Å². The Kier molecular flexibility index (Phi) is 5.22. The molecule has 4 nitrogen and oxygen atoms in total. The lowest BCUT2D eigenvalue weighted by molar-refractivity contribution is -0.142. The molecule has 1 rings (SSSR count). The summed E-state index contributed by atoms with van der Waals surface area (Å²) >= 11 is 0. The normalized spacial score (nSPS) is 26.1. The van der Waals surface area contributed by atoms with Crippen molar-refractivity contribution in [2.24, 2.45) is 11.7 Å². The van der Waals surface area contributed by atoms with Crippen LogP contribution in [0.3, 0.4) is 0 Å². The second-order valence-electron chi connectivity index (χ2n) is 4.89. The van der Waals surface area contributed by atoms with Crippen LogP contribution in [-0.2, 0) is 9.53 Å². The van der Waals surface area contributed by atoms with Crippen LogP contribution in [0.15, 0.2) is 0 Å². The maximum atomic E-state index is 11.2. The van der Waals surface area contributed by atoms with E-state index in [0.717, 1.165) is 13.1 Å². The molecule has 0 bridgehead atoms. The first kappa shape index (κ1) is 13.5. The zero-order chi connectivity index (χ0) is 12.1. The predicted molar refractivity (Wildman–Crippen MR) is 64.0 cm³/mol. The van der Waals surface area contributed by atoms with Gasteiger partial charge in [0.05, 0.1) is 13.5 Å². The summed E-state index contributed by atoms with van der Waals surface area (Å²) in [6.07, 6.45) is 2.86. The van der Waals surface area contributed by atoms with Crippen molar-refractivity contribution in [3.63, 3.8) is 0 Å². The number of methoxy groups -OCH3 is 1. The molecule has 3 unspecified atom stereocenters. The Bertz CT molecular complexity index is 231. The van der Waals surface area contributed by atoms with Gasteiger partial charge in [-0.2, -0.15) is 0 Å². The lowest BCUT2D eigenvalue weighted by Crippen LogP contribution is -2.46. The summed E-state index contributed by atoms with van der Waals surface area (Å²) in [5, 5.41) is 0. The average molecular weight is 228 g/mol. The molecule has 0 amide bonds. The van der Waals surface area contributed by atoms with Crippen LogP contribution >= 0.6 is 0 Å². The van der Waals surface area contributed by atoms with Crippen LogP contribution in [0, 0.1) is 5.92 Å².